The molecule has 5 rings (SSSR count). The highest BCUT2D eigenvalue weighted by Crippen LogP contribution is 2.34. The van der Waals surface area contributed by atoms with Gasteiger partial charge < -0.3 is 10.1 Å². The van der Waals surface area contributed by atoms with Gasteiger partial charge >= 0.3 is 0 Å². The fraction of sp³-hybridized carbons (Fsp3) is 0.423. The number of hydrogen-bond donors (Lipinski definition) is 2. The summed E-state index contributed by atoms with van der Waals surface area (Å²) in [4.78, 5) is 28.5. The zero-order chi connectivity index (χ0) is 23.5. The third-order valence-electron chi connectivity index (χ3n) is 6.63. The normalized spacial score (nSPS) is 16.6. The van der Waals surface area contributed by atoms with Gasteiger partial charge in [-0.1, -0.05) is 42.6 Å². The Morgan fingerprint density at radius 3 is 2.65 bits per heavy atom. The maximum absolute atomic E-state index is 13.4. The van der Waals surface area contributed by atoms with Gasteiger partial charge in [0.1, 0.15) is 0 Å². The smallest absolute Gasteiger partial charge is 0.276 e. The molecule has 8 heteroatoms. The molecule has 1 aliphatic heterocycles. The lowest BCUT2D eigenvalue weighted by atomic mass is 9.99. The molecular formula is C26H29ClN4O3. The van der Waals surface area contributed by atoms with E-state index < -0.39 is 5.91 Å². The van der Waals surface area contributed by atoms with E-state index in [1.54, 1.807) is 12.1 Å². The molecule has 3 aromatic rings. The number of ether oxygens (including phenoxy) is 1. The second kappa shape index (κ2) is 10.3. The number of carbonyl (C=O) groups excluding carboxylic acids is 1. The zero-order valence-corrected chi connectivity index (χ0v) is 19.9. The summed E-state index contributed by atoms with van der Waals surface area (Å²) in [6, 6.07) is 11.3. The van der Waals surface area contributed by atoms with E-state index in [0.717, 1.165) is 73.8 Å². The Hall–Kier alpha value is -2.74. The summed E-state index contributed by atoms with van der Waals surface area (Å²) in [5, 5.41) is 11.2. The van der Waals surface area contributed by atoms with Gasteiger partial charge in [-0.25, -0.2) is 0 Å². The number of nitrogens with one attached hydrogen (secondary N) is 2. The van der Waals surface area contributed by atoms with Gasteiger partial charge in [-0.2, -0.15) is 5.10 Å². The van der Waals surface area contributed by atoms with Crippen molar-refractivity contribution in [2.24, 2.45) is 5.92 Å². The van der Waals surface area contributed by atoms with Crippen LogP contribution >= 0.6 is 11.6 Å². The molecule has 7 nitrogen and oxygen atoms in total. The number of rotatable bonds is 8. The Morgan fingerprint density at radius 1 is 1.15 bits per heavy atom. The van der Waals surface area contributed by atoms with E-state index in [1.165, 1.54) is 12.8 Å². The summed E-state index contributed by atoms with van der Waals surface area (Å²) in [6.07, 6.45) is 4.59. The maximum Gasteiger partial charge on any atom is 0.276 e. The minimum absolute atomic E-state index is 0.113. The van der Waals surface area contributed by atoms with Crippen LogP contribution in [0.5, 0.6) is 0 Å². The topological polar surface area (TPSA) is 87.3 Å². The lowest BCUT2D eigenvalue weighted by Gasteiger charge is -2.27. The van der Waals surface area contributed by atoms with E-state index in [9.17, 15) is 9.59 Å². The quantitative estimate of drug-likeness (QED) is 0.513. The SMILES string of the molecule is O=C(NCc1ccc(Cl)cc1)c1n[nH]c2c(CCC3CC3)cc(CN3CCOCC3)cc2c1=O. The fourth-order valence-electron chi connectivity index (χ4n) is 4.46. The number of aryl methyl sites for hydroxylation is 1. The summed E-state index contributed by atoms with van der Waals surface area (Å²) >= 11 is 5.92. The van der Waals surface area contributed by atoms with E-state index >= 15 is 0 Å². The van der Waals surface area contributed by atoms with Gasteiger partial charge in [-0.3, -0.25) is 19.6 Å². The molecule has 1 aliphatic carbocycles. The molecule has 0 radical (unpaired) electrons. The molecule has 1 saturated carbocycles. The maximum atomic E-state index is 13.4. The highest BCUT2D eigenvalue weighted by molar-refractivity contribution is 6.30. The molecule has 178 valence electrons. The highest BCUT2D eigenvalue weighted by Gasteiger charge is 2.23. The number of benzene rings is 2. The molecule has 2 heterocycles. The van der Waals surface area contributed by atoms with Crippen LogP contribution in [-0.2, 0) is 24.2 Å². The van der Waals surface area contributed by atoms with Gasteiger partial charge in [0.05, 0.1) is 24.1 Å². The second-order valence-electron chi connectivity index (χ2n) is 9.26. The van der Waals surface area contributed by atoms with Crippen molar-refractivity contribution >= 4 is 28.4 Å². The first-order valence-corrected chi connectivity index (χ1v) is 12.3. The van der Waals surface area contributed by atoms with Crippen LogP contribution < -0.4 is 10.7 Å². The number of hydrogen-bond acceptors (Lipinski definition) is 5. The minimum Gasteiger partial charge on any atom is -0.379 e. The zero-order valence-electron chi connectivity index (χ0n) is 19.1. The van der Waals surface area contributed by atoms with E-state index in [1.807, 2.05) is 18.2 Å². The molecule has 0 unspecified atom stereocenters. The monoisotopic (exact) mass is 480 g/mol. The summed E-state index contributed by atoms with van der Waals surface area (Å²) in [6.45, 7) is 4.25. The molecule has 34 heavy (non-hydrogen) atoms. The third kappa shape index (κ3) is 5.49. The average Bonchev–Trinajstić information content (AvgIpc) is 3.68. The van der Waals surface area contributed by atoms with Crippen LogP contribution in [0.3, 0.4) is 0 Å². The molecule has 0 bridgehead atoms. The summed E-state index contributed by atoms with van der Waals surface area (Å²) in [7, 11) is 0. The lowest BCUT2D eigenvalue weighted by Crippen LogP contribution is -2.35. The van der Waals surface area contributed by atoms with Crippen LogP contribution in [0.15, 0.2) is 41.2 Å². The molecule has 2 aromatic carbocycles. The van der Waals surface area contributed by atoms with E-state index in [-0.39, 0.29) is 11.1 Å². The van der Waals surface area contributed by atoms with Crippen molar-refractivity contribution in [1.29, 1.82) is 0 Å². The fourth-order valence-corrected chi connectivity index (χ4v) is 4.59. The van der Waals surface area contributed by atoms with Crippen molar-refractivity contribution < 1.29 is 9.53 Å². The molecule has 0 atom stereocenters. The molecule has 0 spiro atoms. The van der Waals surface area contributed by atoms with Gasteiger partial charge in [-0.15, -0.1) is 0 Å². The van der Waals surface area contributed by atoms with Crippen LogP contribution in [0.1, 0.15) is 46.4 Å². The highest BCUT2D eigenvalue weighted by atomic mass is 35.5. The van der Waals surface area contributed by atoms with Crippen LogP contribution in [0.2, 0.25) is 5.02 Å². The van der Waals surface area contributed by atoms with Gasteiger partial charge in [-0.05, 0) is 53.6 Å². The average molecular weight is 481 g/mol. The van der Waals surface area contributed by atoms with Crippen LogP contribution in [-0.4, -0.2) is 47.3 Å². The van der Waals surface area contributed by atoms with Crippen molar-refractivity contribution in [3.8, 4) is 0 Å². The third-order valence-corrected chi connectivity index (χ3v) is 6.88. The van der Waals surface area contributed by atoms with Gasteiger partial charge in [0.25, 0.3) is 5.91 Å². The van der Waals surface area contributed by atoms with Gasteiger partial charge in [0.15, 0.2) is 5.69 Å². The Labute approximate surface area is 203 Å². The Bertz CT molecular complexity index is 1230. The number of aromatic amines is 1. The molecule has 2 N–H and O–H groups in total. The number of fused-ring (bicyclic) bond motifs is 1. The van der Waals surface area contributed by atoms with E-state index in [4.69, 9.17) is 16.3 Å². The largest absolute Gasteiger partial charge is 0.379 e. The van der Waals surface area contributed by atoms with E-state index in [2.05, 4.69) is 26.5 Å². The minimum atomic E-state index is -0.490. The molecule has 1 aromatic heterocycles. The predicted octanol–water partition coefficient (Wildman–Crippen LogP) is 3.68. The number of aromatic nitrogens is 2. The van der Waals surface area contributed by atoms with Crippen molar-refractivity contribution in [3.05, 3.63) is 74.0 Å². The van der Waals surface area contributed by atoms with Crippen molar-refractivity contribution in [3.63, 3.8) is 0 Å². The first-order valence-electron chi connectivity index (χ1n) is 11.9. The second-order valence-corrected chi connectivity index (χ2v) is 9.69. The van der Waals surface area contributed by atoms with Gasteiger partial charge in [0, 0.05) is 31.2 Å². The first-order chi connectivity index (χ1) is 16.6. The number of halogens is 1. The van der Waals surface area contributed by atoms with Crippen molar-refractivity contribution in [2.45, 2.75) is 38.8 Å². The Kier molecular flexibility index (Phi) is 6.94. The first kappa shape index (κ1) is 23.0. The predicted molar refractivity (Wildman–Crippen MR) is 132 cm³/mol. The van der Waals surface area contributed by atoms with Crippen molar-refractivity contribution in [2.75, 3.05) is 26.3 Å². The molecule has 2 aliphatic rings. The van der Waals surface area contributed by atoms with E-state index in [0.29, 0.717) is 17.0 Å². The number of carbonyl (C=O) groups is 1. The Balaban J connectivity index is 1.42. The number of H-pyrrole nitrogens is 1. The van der Waals surface area contributed by atoms with Gasteiger partial charge in [0.2, 0.25) is 5.43 Å². The van der Waals surface area contributed by atoms with Crippen LogP contribution in [0, 0.1) is 5.92 Å². The Morgan fingerprint density at radius 2 is 1.91 bits per heavy atom. The molecule has 1 amide bonds. The summed E-state index contributed by atoms with van der Waals surface area (Å²) in [5.74, 6) is 0.298. The molecule has 2 fully saturated rings. The number of morpholine rings is 1. The van der Waals surface area contributed by atoms with Crippen LogP contribution in [0.25, 0.3) is 10.9 Å². The summed E-state index contributed by atoms with van der Waals surface area (Å²) in [5.41, 5.74) is 3.38. The number of nitrogens with zero attached hydrogens (tertiary/aromatic N) is 2. The lowest BCUT2D eigenvalue weighted by molar-refractivity contribution is 0.0342. The molecule has 1 saturated heterocycles. The number of amides is 1. The summed E-state index contributed by atoms with van der Waals surface area (Å²) < 4.78 is 5.47. The van der Waals surface area contributed by atoms with Crippen LogP contribution in [0.4, 0.5) is 0 Å². The molecular weight excluding hydrogens is 452 g/mol. The standard InChI is InChI=1S/C26H29ClN4O3/c27-21-7-4-18(5-8-21)15-28-26(33)24-25(32)22-14-19(16-31-9-11-34-12-10-31)13-20(23(22)29-30-24)6-3-17-1-2-17/h4-5,7-8,13-14,17H,1-3,6,9-12,15-16H2,(H,28,33)(H,29,32). The van der Waals surface area contributed by atoms with Crippen molar-refractivity contribution in [1.82, 2.24) is 20.4 Å².